The highest BCUT2D eigenvalue weighted by atomic mass is 16.2. The van der Waals surface area contributed by atoms with Gasteiger partial charge in [0.05, 0.1) is 0 Å². The number of nitrogens with one attached hydrogen (secondary N) is 3. The van der Waals surface area contributed by atoms with E-state index in [0.29, 0.717) is 0 Å². The Hall–Kier alpha value is -1.75. The van der Waals surface area contributed by atoms with Crippen molar-refractivity contribution in [3.8, 4) is 0 Å². The predicted molar refractivity (Wildman–Crippen MR) is 83.4 cm³/mol. The monoisotopic (exact) mass is 276 g/mol. The maximum atomic E-state index is 11.6. The molecule has 2 rings (SSSR count). The number of rotatable bonds is 5. The van der Waals surface area contributed by atoms with Gasteiger partial charge in [0, 0.05) is 43.1 Å². The fraction of sp³-hybridized carbons (Fsp3) is 0.533. The average Bonchev–Trinajstić information content (AvgIpc) is 2.81. The van der Waals surface area contributed by atoms with E-state index in [1.807, 2.05) is 24.3 Å². The summed E-state index contributed by atoms with van der Waals surface area (Å²) in [7, 11) is 0. The number of hydrogen-bond donors (Lipinski definition) is 3. The summed E-state index contributed by atoms with van der Waals surface area (Å²) in [5, 5.41) is 9.60. The zero-order valence-corrected chi connectivity index (χ0v) is 12.5. The van der Waals surface area contributed by atoms with Crippen LogP contribution in [0.3, 0.4) is 0 Å². The molecule has 110 valence electrons. The molecule has 1 aromatic carbocycles. The van der Waals surface area contributed by atoms with Crippen LogP contribution in [0.4, 0.5) is 16.2 Å². The molecule has 3 N–H and O–H groups in total. The second-order valence-electron chi connectivity index (χ2n) is 6.03. The highest BCUT2D eigenvalue weighted by Crippen LogP contribution is 2.19. The number of hydrogen-bond acceptors (Lipinski definition) is 3. The molecule has 0 bridgehead atoms. The van der Waals surface area contributed by atoms with E-state index in [0.717, 1.165) is 37.6 Å². The highest BCUT2D eigenvalue weighted by Gasteiger charge is 2.20. The average molecular weight is 276 g/mol. The zero-order valence-electron chi connectivity index (χ0n) is 12.5. The van der Waals surface area contributed by atoms with Crippen LogP contribution in [0.5, 0.6) is 0 Å². The molecule has 1 saturated heterocycles. The first-order chi connectivity index (χ1) is 9.46. The molecule has 0 saturated carbocycles. The summed E-state index contributed by atoms with van der Waals surface area (Å²) in [5.74, 6) is 0. The standard InChI is InChI=1S/C15H24N4O/c1-15(2,3)18-9-8-16-12-4-6-13(7-5-12)19-11-10-17-14(19)20/h4-7,16,18H,8-11H2,1-3H3,(H,17,20). The van der Waals surface area contributed by atoms with Gasteiger partial charge >= 0.3 is 6.03 Å². The number of carbonyl (C=O) groups excluding carboxylic acids is 1. The van der Waals surface area contributed by atoms with Crippen LogP contribution in [-0.4, -0.2) is 37.7 Å². The number of nitrogens with zero attached hydrogens (tertiary/aromatic N) is 1. The van der Waals surface area contributed by atoms with Crippen molar-refractivity contribution in [1.29, 1.82) is 0 Å². The van der Waals surface area contributed by atoms with Crippen molar-refractivity contribution in [2.75, 3.05) is 36.4 Å². The molecule has 0 atom stereocenters. The summed E-state index contributed by atoms with van der Waals surface area (Å²) < 4.78 is 0. The Bertz CT molecular complexity index is 450. The van der Waals surface area contributed by atoms with Crippen LogP contribution in [0.15, 0.2) is 24.3 Å². The molecule has 1 fully saturated rings. The van der Waals surface area contributed by atoms with E-state index in [1.54, 1.807) is 4.90 Å². The van der Waals surface area contributed by atoms with Crippen LogP contribution < -0.4 is 20.9 Å². The minimum absolute atomic E-state index is 0.0138. The molecule has 0 aromatic heterocycles. The van der Waals surface area contributed by atoms with Crippen molar-refractivity contribution in [2.24, 2.45) is 0 Å². The molecule has 1 aliphatic heterocycles. The molecular weight excluding hydrogens is 252 g/mol. The van der Waals surface area contributed by atoms with Crippen LogP contribution in [0, 0.1) is 0 Å². The van der Waals surface area contributed by atoms with Crippen LogP contribution in [0.2, 0.25) is 0 Å². The lowest BCUT2D eigenvalue weighted by atomic mass is 10.1. The van der Waals surface area contributed by atoms with Crippen molar-refractivity contribution < 1.29 is 4.79 Å². The SMILES string of the molecule is CC(C)(C)NCCNc1ccc(N2CCNC2=O)cc1. The van der Waals surface area contributed by atoms with Crippen LogP contribution in [0.25, 0.3) is 0 Å². The quantitative estimate of drug-likeness (QED) is 0.721. The molecule has 1 heterocycles. The van der Waals surface area contributed by atoms with Gasteiger partial charge in [-0.15, -0.1) is 0 Å². The predicted octanol–water partition coefficient (Wildman–Crippen LogP) is 2.02. The van der Waals surface area contributed by atoms with Crippen molar-refractivity contribution in [3.05, 3.63) is 24.3 Å². The molecule has 0 unspecified atom stereocenters. The molecule has 1 aromatic rings. The molecule has 0 radical (unpaired) electrons. The fourth-order valence-corrected chi connectivity index (χ4v) is 2.12. The van der Waals surface area contributed by atoms with Gasteiger partial charge in [0.25, 0.3) is 0 Å². The molecule has 5 heteroatoms. The number of benzene rings is 1. The normalized spacial score (nSPS) is 15.3. The van der Waals surface area contributed by atoms with Gasteiger partial charge in [-0.25, -0.2) is 4.79 Å². The van der Waals surface area contributed by atoms with Crippen LogP contribution in [-0.2, 0) is 0 Å². The lowest BCUT2D eigenvalue weighted by Crippen LogP contribution is -2.38. The Labute approximate surface area is 120 Å². The number of amides is 2. The minimum Gasteiger partial charge on any atom is -0.384 e. The van der Waals surface area contributed by atoms with Crippen molar-refractivity contribution in [3.63, 3.8) is 0 Å². The largest absolute Gasteiger partial charge is 0.384 e. The van der Waals surface area contributed by atoms with E-state index in [-0.39, 0.29) is 11.6 Å². The van der Waals surface area contributed by atoms with Gasteiger partial charge in [0.2, 0.25) is 0 Å². The van der Waals surface area contributed by atoms with E-state index < -0.39 is 0 Å². The molecule has 20 heavy (non-hydrogen) atoms. The summed E-state index contributed by atoms with van der Waals surface area (Å²) in [5.41, 5.74) is 2.16. The summed E-state index contributed by atoms with van der Waals surface area (Å²) in [4.78, 5) is 13.3. The fourth-order valence-electron chi connectivity index (χ4n) is 2.12. The third-order valence-electron chi connectivity index (χ3n) is 3.15. The van der Waals surface area contributed by atoms with Crippen LogP contribution in [0.1, 0.15) is 20.8 Å². The van der Waals surface area contributed by atoms with Crippen molar-refractivity contribution >= 4 is 17.4 Å². The summed E-state index contributed by atoms with van der Waals surface area (Å²) in [6.45, 7) is 9.72. The summed E-state index contributed by atoms with van der Waals surface area (Å²) >= 11 is 0. The van der Waals surface area contributed by atoms with Gasteiger partial charge in [-0.1, -0.05) is 0 Å². The molecule has 1 aliphatic rings. The number of anilines is 2. The van der Waals surface area contributed by atoms with Crippen molar-refractivity contribution in [1.82, 2.24) is 10.6 Å². The Morgan fingerprint density at radius 1 is 1.20 bits per heavy atom. The zero-order chi connectivity index (χ0) is 14.6. The first kappa shape index (κ1) is 14.7. The summed E-state index contributed by atoms with van der Waals surface area (Å²) in [6.07, 6.45) is 0. The summed E-state index contributed by atoms with van der Waals surface area (Å²) in [6, 6.07) is 7.96. The molecule has 0 aliphatic carbocycles. The second-order valence-corrected chi connectivity index (χ2v) is 6.03. The van der Waals surface area contributed by atoms with Gasteiger partial charge in [-0.05, 0) is 45.0 Å². The van der Waals surface area contributed by atoms with E-state index >= 15 is 0 Å². The van der Waals surface area contributed by atoms with Gasteiger partial charge in [0.1, 0.15) is 0 Å². The van der Waals surface area contributed by atoms with Gasteiger partial charge in [-0.2, -0.15) is 0 Å². The third kappa shape index (κ3) is 4.13. The Morgan fingerprint density at radius 2 is 1.90 bits per heavy atom. The Morgan fingerprint density at radius 3 is 2.45 bits per heavy atom. The number of carbonyl (C=O) groups is 1. The molecule has 2 amide bonds. The Balaban J connectivity index is 1.81. The molecule has 5 nitrogen and oxygen atoms in total. The first-order valence-corrected chi connectivity index (χ1v) is 7.10. The maximum Gasteiger partial charge on any atom is 0.321 e. The van der Waals surface area contributed by atoms with Gasteiger partial charge in [-0.3, -0.25) is 4.90 Å². The van der Waals surface area contributed by atoms with Crippen molar-refractivity contribution in [2.45, 2.75) is 26.3 Å². The van der Waals surface area contributed by atoms with Crippen LogP contribution >= 0.6 is 0 Å². The smallest absolute Gasteiger partial charge is 0.321 e. The van der Waals surface area contributed by atoms with E-state index in [1.165, 1.54) is 0 Å². The topological polar surface area (TPSA) is 56.4 Å². The third-order valence-corrected chi connectivity index (χ3v) is 3.15. The Kier molecular flexibility index (Phi) is 4.49. The first-order valence-electron chi connectivity index (χ1n) is 7.10. The minimum atomic E-state index is -0.0138. The number of urea groups is 1. The highest BCUT2D eigenvalue weighted by molar-refractivity contribution is 5.94. The van der Waals surface area contributed by atoms with Gasteiger partial charge < -0.3 is 16.0 Å². The van der Waals surface area contributed by atoms with E-state index in [4.69, 9.17) is 0 Å². The molecular formula is C15H24N4O. The van der Waals surface area contributed by atoms with Gasteiger partial charge in [0.15, 0.2) is 0 Å². The van der Waals surface area contributed by atoms with E-state index in [2.05, 4.69) is 36.7 Å². The maximum absolute atomic E-state index is 11.6. The molecule has 0 spiro atoms. The lowest BCUT2D eigenvalue weighted by molar-refractivity contribution is 0.252. The second kappa shape index (κ2) is 6.13. The lowest BCUT2D eigenvalue weighted by Gasteiger charge is -2.21. The van der Waals surface area contributed by atoms with E-state index in [9.17, 15) is 4.79 Å².